The summed E-state index contributed by atoms with van der Waals surface area (Å²) in [6.07, 6.45) is 0. The zero-order chi connectivity index (χ0) is 22.1. The lowest BCUT2D eigenvalue weighted by Gasteiger charge is -2.13. The molecule has 0 nitrogen and oxygen atoms in total. The molecule has 6 aromatic carbocycles. The van der Waals surface area contributed by atoms with Gasteiger partial charge < -0.3 is 0 Å². The maximum absolute atomic E-state index is 6.60. The van der Waals surface area contributed by atoms with Gasteiger partial charge in [-0.3, -0.25) is 0 Å². The molecule has 0 saturated heterocycles. The van der Waals surface area contributed by atoms with Crippen LogP contribution >= 0.6 is 34.5 Å². The first-order chi connectivity index (χ1) is 16.2. The van der Waals surface area contributed by atoms with E-state index in [1.165, 1.54) is 58.1 Å². The topological polar surface area (TPSA) is 0 Å². The van der Waals surface area contributed by atoms with Crippen molar-refractivity contribution in [2.24, 2.45) is 0 Å². The van der Waals surface area contributed by atoms with Gasteiger partial charge in [0, 0.05) is 30.2 Å². The Balaban J connectivity index is 1.62. The van der Waals surface area contributed by atoms with Crippen LogP contribution in [0, 0.1) is 0 Å². The van der Waals surface area contributed by atoms with Crippen molar-refractivity contribution in [3.8, 4) is 11.1 Å². The molecule has 0 fully saturated rings. The minimum Gasteiger partial charge on any atom is -0.135 e. The molecule has 0 aliphatic rings. The van der Waals surface area contributed by atoms with Gasteiger partial charge in [-0.05, 0) is 73.8 Å². The number of benzene rings is 6. The van der Waals surface area contributed by atoms with Crippen LogP contribution in [0.1, 0.15) is 0 Å². The molecule has 0 unspecified atom stereocenters. The summed E-state index contributed by atoms with van der Waals surface area (Å²) in [5, 5.41) is 11.6. The maximum Gasteiger partial charge on any atom is 0.0426 e. The lowest BCUT2D eigenvalue weighted by atomic mass is 9.91. The SMILES string of the molecule is Clc1ccc2c(c1)sc1cc(Cl)cc(-c3ccc4c5ccccc5c5ccccc5c4c3)c12. The van der Waals surface area contributed by atoms with Gasteiger partial charge in [-0.1, -0.05) is 89.9 Å². The van der Waals surface area contributed by atoms with Crippen molar-refractivity contribution >= 4 is 87.0 Å². The van der Waals surface area contributed by atoms with Crippen molar-refractivity contribution in [1.29, 1.82) is 0 Å². The molecule has 7 aromatic rings. The highest BCUT2D eigenvalue weighted by Gasteiger charge is 2.15. The Labute approximate surface area is 204 Å². The average molecular weight is 479 g/mol. The molecule has 0 bridgehead atoms. The van der Waals surface area contributed by atoms with Gasteiger partial charge in [0.25, 0.3) is 0 Å². The standard InChI is InChI=1S/C30H16Cl2S/c31-18-10-12-25-28(15-18)33-29-16-19(32)14-26(30(25)29)17-9-11-24-22-7-2-1-5-20(22)21-6-3-4-8-23(21)27(24)13-17/h1-16H. The van der Waals surface area contributed by atoms with E-state index in [9.17, 15) is 0 Å². The molecule has 1 heterocycles. The van der Waals surface area contributed by atoms with E-state index >= 15 is 0 Å². The van der Waals surface area contributed by atoms with E-state index in [1.807, 2.05) is 12.1 Å². The second kappa shape index (κ2) is 7.20. The van der Waals surface area contributed by atoms with Gasteiger partial charge in [0.05, 0.1) is 0 Å². The Morgan fingerprint density at radius 1 is 0.455 bits per heavy atom. The van der Waals surface area contributed by atoms with E-state index in [1.54, 1.807) is 11.3 Å². The average Bonchev–Trinajstić information content (AvgIpc) is 3.20. The highest BCUT2D eigenvalue weighted by Crippen LogP contribution is 2.44. The summed E-state index contributed by atoms with van der Waals surface area (Å²) < 4.78 is 2.36. The summed E-state index contributed by atoms with van der Waals surface area (Å²) >= 11 is 14.6. The summed E-state index contributed by atoms with van der Waals surface area (Å²) in [5.41, 5.74) is 2.33. The Morgan fingerprint density at radius 3 is 1.73 bits per heavy atom. The van der Waals surface area contributed by atoms with Crippen molar-refractivity contribution in [2.45, 2.75) is 0 Å². The van der Waals surface area contributed by atoms with Gasteiger partial charge in [-0.2, -0.15) is 0 Å². The highest BCUT2D eigenvalue weighted by molar-refractivity contribution is 7.26. The van der Waals surface area contributed by atoms with Crippen molar-refractivity contribution in [1.82, 2.24) is 0 Å². The first-order valence-electron chi connectivity index (χ1n) is 10.8. The highest BCUT2D eigenvalue weighted by atomic mass is 35.5. The maximum atomic E-state index is 6.60. The van der Waals surface area contributed by atoms with Crippen LogP contribution < -0.4 is 0 Å². The fraction of sp³-hybridized carbons (Fsp3) is 0. The first kappa shape index (κ1) is 19.4. The Bertz CT molecular complexity index is 1860. The van der Waals surface area contributed by atoms with Crippen LogP contribution in [-0.4, -0.2) is 0 Å². The number of thiophene rings is 1. The third-order valence-electron chi connectivity index (χ3n) is 6.56. The summed E-state index contributed by atoms with van der Waals surface area (Å²) in [6, 6.07) is 34.5. The monoisotopic (exact) mass is 478 g/mol. The molecular weight excluding hydrogens is 463 g/mol. The molecular formula is C30H16Cl2S. The summed E-state index contributed by atoms with van der Waals surface area (Å²) in [7, 11) is 0. The third-order valence-corrected chi connectivity index (χ3v) is 8.11. The molecule has 0 aliphatic carbocycles. The van der Waals surface area contributed by atoms with Crippen molar-refractivity contribution < 1.29 is 0 Å². The normalized spacial score (nSPS) is 11.9. The minimum atomic E-state index is 0.749. The van der Waals surface area contributed by atoms with Gasteiger partial charge in [0.2, 0.25) is 0 Å². The Morgan fingerprint density at radius 2 is 1.03 bits per heavy atom. The van der Waals surface area contributed by atoms with E-state index in [4.69, 9.17) is 23.2 Å². The van der Waals surface area contributed by atoms with E-state index in [0.717, 1.165) is 15.6 Å². The number of halogens is 2. The van der Waals surface area contributed by atoms with Crippen molar-refractivity contribution in [3.63, 3.8) is 0 Å². The zero-order valence-corrected chi connectivity index (χ0v) is 19.7. The predicted molar refractivity (Wildman–Crippen MR) is 147 cm³/mol. The van der Waals surface area contributed by atoms with Crippen LogP contribution in [0.15, 0.2) is 97.1 Å². The van der Waals surface area contributed by atoms with Gasteiger partial charge >= 0.3 is 0 Å². The summed E-state index contributed by atoms with van der Waals surface area (Å²) in [5.74, 6) is 0. The Hall–Kier alpha value is -3.10. The van der Waals surface area contributed by atoms with Crippen molar-refractivity contribution in [2.75, 3.05) is 0 Å². The molecule has 0 aliphatic heterocycles. The second-order valence-electron chi connectivity index (χ2n) is 8.42. The van der Waals surface area contributed by atoms with E-state index in [2.05, 4.69) is 84.9 Å². The molecule has 3 heteroatoms. The lowest BCUT2D eigenvalue weighted by molar-refractivity contribution is 1.72. The third kappa shape index (κ3) is 2.90. The minimum absolute atomic E-state index is 0.749. The van der Waals surface area contributed by atoms with Crippen LogP contribution in [0.4, 0.5) is 0 Å². The molecule has 0 atom stereocenters. The molecule has 0 amide bonds. The van der Waals surface area contributed by atoms with Gasteiger partial charge in [0.15, 0.2) is 0 Å². The largest absolute Gasteiger partial charge is 0.135 e. The van der Waals surface area contributed by atoms with Crippen LogP contribution in [-0.2, 0) is 0 Å². The summed E-state index contributed by atoms with van der Waals surface area (Å²) in [6.45, 7) is 0. The smallest absolute Gasteiger partial charge is 0.0426 e. The first-order valence-corrected chi connectivity index (χ1v) is 12.4. The molecule has 156 valence electrons. The van der Waals surface area contributed by atoms with Crippen LogP contribution in [0.2, 0.25) is 10.0 Å². The fourth-order valence-corrected chi connectivity index (χ4v) is 6.88. The quantitative estimate of drug-likeness (QED) is 0.206. The molecule has 0 saturated carbocycles. The molecule has 33 heavy (non-hydrogen) atoms. The van der Waals surface area contributed by atoms with Crippen LogP contribution in [0.25, 0.3) is 63.6 Å². The molecule has 0 spiro atoms. The fourth-order valence-electron chi connectivity index (χ4n) is 5.15. The molecule has 0 radical (unpaired) electrons. The van der Waals surface area contributed by atoms with Crippen LogP contribution in [0.3, 0.4) is 0 Å². The summed E-state index contributed by atoms with van der Waals surface area (Å²) in [4.78, 5) is 0. The molecule has 1 aromatic heterocycles. The molecule has 0 N–H and O–H groups in total. The van der Waals surface area contributed by atoms with Crippen molar-refractivity contribution in [3.05, 3.63) is 107 Å². The Kier molecular flexibility index (Phi) is 4.23. The van der Waals surface area contributed by atoms with Gasteiger partial charge in [-0.25, -0.2) is 0 Å². The van der Waals surface area contributed by atoms with Crippen LogP contribution in [0.5, 0.6) is 0 Å². The van der Waals surface area contributed by atoms with E-state index in [-0.39, 0.29) is 0 Å². The number of fused-ring (bicyclic) bond motifs is 9. The number of hydrogen-bond acceptors (Lipinski definition) is 1. The van der Waals surface area contributed by atoms with Gasteiger partial charge in [-0.15, -0.1) is 11.3 Å². The zero-order valence-electron chi connectivity index (χ0n) is 17.4. The number of rotatable bonds is 1. The predicted octanol–water partition coefficient (Wildman–Crippen LogP) is 10.5. The number of hydrogen-bond donors (Lipinski definition) is 0. The lowest BCUT2D eigenvalue weighted by Crippen LogP contribution is -1.85. The van der Waals surface area contributed by atoms with E-state index in [0.29, 0.717) is 0 Å². The molecule has 7 rings (SSSR count). The second-order valence-corrected chi connectivity index (χ2v) is 10.4. The van der Waals surface area contributed by atoms with E-state index < -0.39 is 0 Å². The van der Waals surface area contributed by atoms with Gasteiger partial charge in [0.1, 0.15) is 0 Å².